The molecule has 4 fully saturated rings. The van der Waals surface area contributed by atoms with Crippen molar-refractivity contribution in [2.45, 2.75) is 63.6 Å². The third-order valence-electron chi connectivity index (χ3n) is 8.82. The van der Waals surface area contributed by atoms with Gasteiger partial charge in [0.1, 0.15) is 5.82 Å². The molecule has 6 rings (SSSR count). The molecule has 4 aliphatic rings. The summed E-state index contributed by atoms with van der Waals surface area (Å²) in [6, 6.07) is 9.07. The number of rotatable bonds is 7. The second-order valence-electron chi connectivity index (χ2n) is 11.4. The van der Waals surface area contributed by atoms with Crippen molar-refractivity contribution < 1.29 is 9.59 Å². The van der Waals surface area contributed by atoms with Crippen molar-refractivity contribution in [3.05, 3.63) is 41.7 Å². The van der Waals surface area contributed by atoms with Gasteiger partial charge in [-0.1, -0.05) is 12.1 Å². The van der Waals surface area contributed by atoms with E-state index < -0.39 is 5.91 Å². The molecule has 202 valence electrons. The molecule has 1 aliphatic carbocycles. The number of nitrogens with zero attached hydrogens (tertiary/aromatic N) is 5. The number of benzene rings is 1. The van der Waals surface area contributed by atoms with Gasteiger partial charge in [0.2, 0.25) is 0 Å². The summed E-state index contributed by atoms with van der Waals surface area (Å²) in [6.07, 6.45) is 6.00. The standard InChI is InChI=1S/C28H38N8O2/c1-17(2)34-11-12-35(28(34)38)22-13-18-14-23(22)36(16-18)24-15-31-25(26(29)37)27(33-24)32-21-5-3-19(4-6-21)20-7-9-30-10-8-20/h3-6,15,17-18,20,22-23,30H,7-14,16H2,1-2H3,(H2,29,37)(H,32,33). The van der Waals surface area contributed by atoms with Gasteiger partial charge in [0.15, 0.2) is 11.5 Å². The molecule has 3 aliphatic heterocycles. The van der Waals surface area contributed by atoms with Crippen molar-refractivity contribution in [1.82, 2.24) is 25.1 Å². The Bertz CT molecular complexity index is 1200. The topological polar surface area (TPSA) is 120 Å². The van der Waals surface area contributed by atoms with Crippen molar-refractivity contribution in [2.75, 3.05) is 42.9 Å². The molecule has 3 unspecified atom stereocenters. The number of anilines is 3. The normalized spacial score (nSPS) is 25.6. The summed E-state index contributed by atoms with van der Waals surface area (Å²) < 4.78 is 0. The van der Waals surface area contributed by atoms with E-state index in [9.17, 15) is 9.59 Å². The van der Waals surface area contributed by atoms with Gasteiger partial charge in [-0.3, -0.25) is 4.79 Å². The SMILES string of the molecule is CC(C)N1CCN(C2CC3CC2N(c2cnc(C(N)=O)c(Nc4ccc(C5CCNCC5)cc4)n2)C3)C1=O. The number of urea groups is 1. The Hall–Kier alpha value is -3.40. The summed E-state index contributed by atoms with van der Waals surface area (Å²) in [5.74, 6) is 1.56. The maximum atomic E-state index is 13.1. The lowest BCUT2D eigenvalue weighted by Crippen LogP contribution is -2.52. The molecule has 4 N–H and O–H groups in total. The van der Waals surface area contributed by atoms with E-state index in [1.165, 1.54) is 5.56 Å². The quantitative estimate of drug-likeness (QED) is 0.516. The fourth-order valence-electron chi connectivity index (χ4n) is 6.86. The monoisotopic (exact) mass is 518 g/mol. The molecule has 4 heterocycles. The fourth-order valence-corrected chi connectivity index (χ4v) is 6.86. The number of carbonyl (C=O) groups excluding carboxylic acids is 2. The zero-order chi connectivity index (χ0) is 26.4. The molecule has 2 aromatic rings. The second-order valence-corrected chi connectivity index (χ2v) is 11.4. The van der Waals surface area contributed by atoms with Crippen molar-refractivity contribution in [2.24, 2.45) is 11.7 Å². The number of hydrogen-bond donors (Lipinski definition) is 3. The maximum Gasteiger partial charge on any atom is 0.320 e. The number of aromatic nitrogens is 2. The fraction of sp³-hybridized carbons (Fsp3) is 0.571. The third kappa shape index (κ3) is 4.55. The highest BCUT2D eigenvalue weighted by molar-refractivity contribution is 5.96. The number of hydrogen-bond acceptors (Lipinski definition) is 7. The molecule has 3 saturated heterocycles. The van der Waals surface area contributed by atoms with E-state index in [2.05, 4.69) is 51.4 Å². The van der Waals surface area contributed by atoms with Gasteiger partial charge in [-0.25, -0.2) is 14.8 Å². The minimum atomic E-state index is -0.616. The summed E-state index contributed by atoms with van der Waals surface area (Å²) in [6.45, 7) is 8.67. The molecule has 10 heteroatoms. The first-order valence-corrected chi connectivity index (χ1v) is 14.0. The van der Waals surface area contributed by atoms with Crippen LogP contribution in [0.5, 0.6) is 0 Å². The van der Waals surface area contributed by atoms with Crippen LogP contribution in [0.25, 0.3) is 0 Å². The Balaban J connectivity index is 1.21. The van der Waals surface area contributed by atoms with E-state index in [0.29, 0.717) is 23.5 Å². The number of piperidine rings is 2. The first kappa shape index (κ1) is 24.9. The molecule has 1 saturated carbocycles. The highest BCUT2D eigenvalue weighted by Gasteiger charge is 2.50. The van der Waals surface area contributed by atoms with Crippen molar-refractivity contribution >= 4 is 29.3 Å². The van der Waals surface area contributed by atoms with Crippen LogP contribution in [0.3, 0.4) is 0 Å². The zero-order valence-electron chi connectivity index (χ0n) is 22.3. The van der Waals surface area contributed by atoms with Crippen molar-refractivity contribution in [3.63, 3.8) is 0 Å². The molecule has 3 amide bonds. The molecule has 0 radical (unpaired) electrons. The molecular weight excluding hydrogens is 480 g/mol. The van der Waals surface area contributed by atoms with Gasteiger partial charge < -0.3 is 31.1 Å². The average molecular weight is 519 g/mol. The Labute approximate surface area is 224 Å². The first-order chi connectivity index (χ1) is 18.4. The number of nitrogens with one attached hydrogen (secondary N) is 2. The van der Waals surface area contributed by atoms with E-state index in [0.717, 1.165) is 64.1 Å². The Kier molecular flexibility index (Phi) is 6.59. The molecule has 38 heavy (non-hydrogen) atoms. The predicted molar refractivity (Wildman–Crippen MR) is 147 cm³/mol. The van der Waals surface area contributed by atoms with Crippen LogP contribution in [0.1, 0.15) is 61.5 Å². The number of carbonyl (C=O) groups is 2. The van der Waals surface area contributed by atoms with Gasteiger partial charge >= 0.3 is 6.03 Å². The van der Waals surface area contributed by atoms with E-state index >= 15 is 0 Å². The molecular formula is C28H38N8O2. The van der Waals surface area contributed by atoms with Crippen molar-refractivity contribution in [1.29, 1.82) is 0 Å². The molecule has 10 nitrogen and oxygen atoms in total. The van der Waals surface area contributed by atoms with E-state index in [4.69, 9.17) is 10.7 Å². The number of amides is 3. The molecule has 0 spiro atoms. The third-order valence-corrected chi connectivity index (χ3v) is 8.82. The van der Waals surface area contributed by atoms with E-state index in [1.807, 2.05) is 17.0 Å². The van der Waals surface area contributed by atoms with Gasteiger partial charge in [-0.2, -0.15) is 0 Å². The molecule has 1 aromatic heterocycles. The van der Waals surface area contributed by atoms with Crippen LogP contribution in [0, 0.1) is 5.92 Å². The van der Waals surface area contributed by atoms with E-state index in [1.54, 1.807) is 6.20 Å². The van der Waals surface area contributed by atoms with Crippen molar-refractivity contribution in [3.8, 4) is 0 Å². The lowest BCUT2D eigenvalue weighted by atomic mass is 9.90. The van der Waals surface area contributed by atoms with Gasteiger partial charge in [0.05, 0.1) is 18.3 Å². The summed E-state index contributed by atoms with van der Waals surface area (Å²) in [7, 11) is 0. The summed E-state index contributed by atoms with van der Waals surface area (Å²) in [5, 5.41) is 6.71. The van der Waals surface area contributed by atoms with Crippen LogP contribution in [0.15, 0.2) is 30.5 Å². The Morgan fingerprint density at radius 2 is 1.79 bits per heavy atom. The Morgan fingerprint density at radius 1 is 1.08 bits per heavy atom. The van der Waals surface area contributed by atoms with Crippen LogP contribution in [0.4, 0.5) is 22.1 Å². The first-order valence-electron chi connectivity index (χ1n) is 14.0. The number of nitrogens with two attached hydrogens (primary N) is 1. The number of fused-ring (bicyclic) bond motifs is 2. The predicted octanol–water partition coefficient (Wildman–Crippen LogP) is 2.90. The van der Waals surface area contributed by atoms with Gasteiger partial charge in [0, 0.05) is 31.4 Å². The minimum absolute atomic E-state index is 0.124. The highest BCUT2D eigenvalue weighted by Crippen LogP contribution is 2.43. The highest BCUT2D eigenvalue weighted by atomic mass is 16.2. The van der Waals surface area contributed by atoms with Gasteiger partial charge in [-0.05, 0) is 82.2 Å². The smallest absolute Gasteiger partial charge is 0.320 e. The van der Waals surface area contributed by atoms with E-state index in [-0.39, 0.29) is 29.9 Å². The lowest BCUT2D eigenvalue weighted by Gasteiger charge is -2.38. The summed E-state index contributed by atoms with van der Waals surface area (Å²) >= 11 is 0. The average Bonchev–Trinajstić information content (AvgIpc) is 3.63. The van der Waals surface area contributed by atoms with Crippen LogP contribution in [-0.4, -0.2) is 82.6 Å². The largest absolute Gasteiger partial charge is 0.364 e. The molecule has 2 bridgehead atoms. The van der Waals surface area contributed by atoms with Crippen LogP contribution in [-0.2, 0) is 0 Å². The maximum absolute atomic E-state index is 13.1. The number of primary amides is 1. The molecule has 3 atom stereocenters. The summed E-state index contributed by atoms with van der Waals surface area (Å²) in [5.41, 5.74) is 7.96. The minimum Gasteiger partial charge on any atom is -0.364 e. The zero-order valence-corrected chi connectivity index (χ0v) is 22.3. The summed E-state index contributed by atoms with van der Waals surface area (Å²) in [4.78, 5) is 40.9. The van der Waals surface area contributed by atoms with Crippen LogP contribution in [0.2, 0.25) is 0 Å². The molecule has 1 aromatic carbocycles. The Morgan fingerprint density at radius 3 is 2.42 bits per heavy atom. The van der Waals surface area contributed by atoms with Gasteiger partial charge in [-0.15, -0.1) is 0 Å². The van der Waals surface area contributed by atoms with Gasteiger partial charge in [0.25, 0.3) is 5.91 Å². The van der Waals surface area contributed by atoms with Crippen LogP contribution >= 0.6 is 0 Å². The lowest BCUT2D eigenvalue weighted by molar-refractivity contribution is 0.0996. The second kappa shape index (κ2) is 10.1. The van der Waals surface area contributed by atoms with Crippen LogP contribution < -0.4 is 21.3 Å².